The highest BCUT2D eigenvalue weighted by molar-refractivity contribution is 7.18. The van der Waals surface area contributed by atoms with E-state index in [2.05, 4.69) is 4.98 Å². The molecule has 0 spiro atoms. The van der Waals surface area contributed by atoms with Crippen LogP contribution in [0.5, 0.6) is 5.75 Å². The van der Waals surface area contributed by atoms with E-state index in [-0.39, 0.29) is 21.3 Å². The summed E-state index contributed by atoms with van der Waals surface area (Å²) in [4.78, 5) is 45.2. The summed E-state index contributed by atoms with van der Waals surface area (Å²) in [5.41, 5.74) is 1.71. The zero-order chi connectivity index (χ0) is 26.8. The standard InChI is InChI=1S/C28H22N2O6S2/c1-16-25(27(34)35-2)38-28(29-16)30-22(20-9-6-14-37-20)21(24(32)26(30)33)23(31)18-10-12-19(13-11-18)36-15-17-7-4-3-5-8-17/h3-14,22,31H,15H2,1-2H3/b23-21+. The fourth-order valence-corrected chi connectivity index (χ4v) is 5.95. The Kier molecular flexibility index (Phi) is 7.08. The number of benzene rings is 2. The van der Waals surface area contributed by atoms with Crippen LogP contribution in [0.2, 0.25) is 0 Å². The number of aliphatic hydroxyl groups excluding tert-OH is 1. The third kappa shape index (κ3) is 4.71. The lowest BCUT2D eigenvalue weighted by Crippen LogP contribution is -2.29. The first kappa shape index (κ1) is 25.4. The molecule has 2 aromatic heterocycles. The Morgan fingerprint density at radius 1 is 1.05 bits per heavy atom. The number of carbonyl (C=O) groups excluding carboxylic acids is 3. The molecule has 1 fully saturated rings. The summed E-state index contributed by atoms with van der Waals surface area (Å²) < 4.78 is 10.6. The van der Waals surface area contributed by atoms with Gasteiger partial charge in [-0.05, 0) is 48.2 Å². The molecule has 2 aromatic carbocycles. The van der Waals surface area contributed by atoms with Gasteiger partial charge in [-0.1, -0.05) is 47.7 Å². The van der Waals surface area contributed by atoms with Gasteiger partial charge < -0.3 is 14.6 Å². The predicted molar refractivity (Wildman–Crippen MR) is 145 cm³/mol. The monoisotopic (exact) mass is 546 g/mol. The van der Waals surface area contributed by atoms with E-state index in [4.69, 9.17) is 9.47 Å². The quantitative estimate of drug-likeness (QED) is 0.141. The van der Waals surface area contributed by atoms with Gasteiger partial charge >= 0.3 is 11.9 Å². The average molecular weight is 547 g/mol. The zero-order valence-electron chi connectivity index (χ0n) is 20.4. The number of thiophene rings is 1. The lowest BCUT2D eigenvalue weighted by molar-refractivity contribution is -0.132. The predicted octanol–water partition coefficient (Wildman–Crippen LogP) is 5.50. The highest BCUT2D eigenvalue weighted by Gasteiger charge is 2.48. The minimum absolute atomic E-state index is 0.0529. The van der Waals surface area contributed by atoms with Crippen LogP contribution < -0.4 is 9.64 Å². The molecule has 1 unspecified atom stereocenters. The Balaban J connectivity index is 1.50. The number of nitrogens with zero attached hydrogens (tertiary/aromatic N) is 2. The van der Waals surface area contributed by atoms with E-state index in [9.17, 15) is 19.5 Å². The summed E-state index contributed by atoms with van der Waals surface area (Å²) in [6.45, 7) is 2.01. The number of amides is 1. The van der Waals surface area contributed by atoms with Crippen molar-refractivity contribution < 1.29 is 29.0 Å². The molecular formula is C28H22N2O6S2. The Bertz CT molecular complexity index is 1530. The number of anilines is 1. The van der Waals surface area contributed by atoms with Gasteiger partial charge in [-0.25, -0.2) is 9.78 Å². The minimum atomic E-state index is -0.903. The van der Waals surface area contributed by atoms with Crippen LogP contribution in [0.25, 0.3) is 5.76 Å². The second kappa shape index (κ2) is 10.6. The van der Waals surface area contributed by atoms with Gasteiger partial charge in [-0.3, -0.25) is 14.5 Å². The number of Topliss-reactive ketones (excluding diaryl/α,β-unsaturated/α-hetero) is 1. The van der Waals surface area contributed by atoms with Crippen molar-refractivity contribution in [1.82, 2.24) is 4.98 Å². The number of carbonyl (C=O) groups is 3. The second-order valence-corrected chi connectivity index (χ2v) is 10.3. The van der Waals surface area contributed by atoms with Gasteiger partial charge in [0.2, 0.25) is 0 Å². The second-order valence-electron chi connectivity index (χ2n) is 8.39. The highest BCUT2D eigenvalue weighted by atomic mass is 32.1. The maximum atomic E-state index is 13.3. The molecule has 8 nitrogen and oxygen atoms in total. The molecule has 1 N–H and O–H groups in total. The Morgan fingerprint density at radius 3 is 2.45 bits per heavy atom. The molecule has 1 saturated heterocycles. The van der Waals surface area contributed by atoms with Crippen molar-refractivity contribution in [2.45, 2.75) is 19.6 Å². The molecule has 10 heteroatoms. The van der Waals surface area contributed by atoms with E-state index in [0.29, 0.717) is 28.5 Å². The third-order valence-corrected chi connectivity index (χ3v) is 8.06. The molecule has 1 aliphatic heterocycles. The van der Waals surface area contributed by atoms with Crippen LogP contribution in [0.3, 0.4) is 0 Å². The first-order valence-electron chi connectivity index (χ1n) is 11.6. The number of ketones is 1. The lowest BCUT2D eigenvalue weighted by Gasteiger charge is -2.21. The van der Waals surface area contributed by atoms with E-state index < -0.39 is 23.7 Å². The van der Waals surface area contributed by atoms with E-state index in [0.717, 1.165) is 16.9 Å². The van der Waals surface area contributed by atoms with Crippen LogP contribution in [0, 0.1) is 6.92 Å². The van der Waals surface area contributed by atoms with Gasteiger partial charge in [-0.2, -0.15) is 0 Å². The van der Waals surface area contributed by atoms with Crippen LogP contribution in [-0.4, -0.2) is 34.9 Å². The van der Waals surface area contributed by atoms with Crippen molar-refractivity contribution in [3.05, 3.63) is 104 Å². The summed E-state index contributed by atoms with van der Waals surface area (Å²) in [5.74, 6) is -1.96. The Hall–Kier alpha value is -4.28. The maximum absolute atomic E-state index is 13.3. The first-order chi connectivity index (χ1) is 18.4. The fraction of sp³-hybridized carbons (Fsp3) is 0.143. The summed E-state index contributed by atoms with van der Waals surface area (Å²) in [6, 6.07) is 19.1. The first-order valence-corrected chi connectivity index (χ1v) is 13.3. The number of aromatic nitrogens is 1. The molecule has 0 aliphatic carbocycles. The number of hydrogen-bond donors (Lipinski definition) is 1. The normalized spacial score (nSPS) is 16.6. The molecule has 1 atom stereocenters. The van der Waals surface area contributed by atoms with E-state index >= 15 is 0 Å². The van der Waals surface area contributed by atoms with Gasteiger partial charge in [0.25, 0.3) is 5.78 Å². The van der Waals surface area contributed by atoms with Crippen LogP contribution in [0.4, 0.5) is 5.13 Å². The molecule has 0 bridgehead atoms. The molecule has 4 aromatic rings. The summed E-state index contributed by atoms with van der Waals surface area (Å²) in [5, 5.41) is 13.3. The Morgan fingerprint density at radius 2 is 1.79 bits per heavy atom. The number of methoxy groups -OCH3 is 1. The molecule has 0 saturated carbocycles. The van der Waals surface area contributed by atoms with Gasteiger partial charge in [0.05, 0.1) is 18.4 Å². The number of aryl methyl sites for hydroxylation is 1. The van der Waals surface area contributed by atoms with Crippen LogP contribution in [-0.2, 0) is 20.9 Å². The number of esters is 1. The third-order valence-electron chi connectivity index (χ3n) is 6.00. The van der Waals surface area contributed by atoms with E-state index in [1.165, 1.54) is 23.3 Å². The largest absolute Gasteiger partial charge is 0.507 e. The topological polar surface area (TPSA) is 106 Å². The van der Waals surface area contributed by atoms with E-state index in [1.54, 1.807) is 43.3 Å². The number of ether oxygens (including phenoxy) is 2. The van der Waals surface area contributed by atoms with Crippen molar-refractivity contribution >= 4 is 51.2 Å². The minimum Gasteiger partial charge on any atom is -0.507 e. The molecule has 38 heavy (non-hydrogen) atoms. The van der Waals surface area contributed by atoms with Crippen LogP contribution in [0.15, 0.2) is 77.7 Å². The van der Waals surface area contributed by atoms with Crippen molar-refractivity contribution in [3.8, 4) is 5.75 Å². The molecular weight excluding hydrogens is 524 g/mol. The molecule has 192 valence electrons. The molecule has 1 amide bonds. The smallest absolute Gasteiger partial charge is 0.350 e. The van der Waals surface area contributed by atoms with E-state index in [1.807, 2.05) is 35.7 Å². The van der Waals surface area contributed by atoms with Crippen molar-refractivity contribution in [3.63, 3.8) is 0 Å². The van der Waals surface area contributed by atoms with Crippen LogP contribution >= 0.6 is 22.7 Å². The Labute approximate surface area is 226 Å². The molecule has 3 heterocycles. The van der Waals surface area contributed by atoms with Gasteiger partial charge in [-0.15, -0.1) is 11.3 Å². The average Bonchev–Trinajstić information content (AvgIpc) is 3.66. The van der Waals surface area contributed by atoms with Crippen molar-refractivity contribution in [2.75, 3.05) is 12.0 Å². The molecule has 5 rings (SSSR count). The number of rotatable bonds is 7. The fourth-order valence-electron chi connectivity index (χ4n) is 4.12. The lowest BCUT2D eigenvalue weighted by atomic mass is 10.00. The van der Waals surface area contributed by atoms with Crippen molar-refractivity contribution in [2.24, 2.45) is 0 Å². The SMILES string of the molecule is COC(=O)c1sc(N2C(=O)C(=O)/C(=C(/O)c3ccc(OCc4ccccc4)cc3)C2c2cccs2)nc1C. The maximum Gasteiger partial charge on any atom is 0.350 e. The highest BCUT2D eigenvalue weighted by Crippen LogP contribution is 2.45. The molecule has 1 aliphatic rings. The van der Waals surface area contributed by atoms with Gasteiger partial charge in [0, 0.05) is 10.4 Å². The van der Waals surface area contributed by atoms with Gasteiger partial charge in [0.1, 0.15) is 29.0 Å². The molecule has 0 radical (unpaired) electrons. The number of aliphatic hydroxyl groups is 1. The summed E-state index contributed by atoms with van der Waals surface area (Å²) in [7, 11) is 1.26. The number of thiazole rings is 1. The number of hydrogen-bond acceptors (Lipinski definition) is 9. The summed E-state index contributed by atoms with van der Waals surface area (Å²) in [6.07, 6.45) is 0. The van der Waals surface area contributed by atoms with Gasteiger partial charge in [0.15, 0.2) is 5.13 Å². The summed E-state index contributed by atoms with van der Waals surface area (Å²) >= 11 is 2.30. The van der Waals surface area contributed by atoms with Crippen molar-refractivity contribution in [1.29, 1.82) is 0 Å². The van der Waals surface area contributed by atoms with Crippen LogP contribution in [0.1, 0.15) is 37.4 Å². The zero-order valence-corrected chi connectivity index (χ0v) is 22.0.